The summed E-state index contributed by atoms with van der Waals surface area (Å²) in [4.78, 5) is 14.6. The van der Waals surface area contributed by atoms with Crippen LogP contribution < -0.4 is 4.74 Å². The first-order valence-electron chi connectivity index (χ1n) is 9.51. The number of hydrogen-bond acceptors (Lipinski definition) is 4. The van der Waals surface area contributed by atoms with E-state index in [0.29, 0.717) is 12.8 Å². The smallest absolute Gasteiger partial charge is 0.410 e. The summed E-state index contributed by atoms with van der Waals surface area (Å²) in [6.07, 6.45) is 3.71. The lowest BCUT2D eigenvalue weighted by atomic mass is 9.72. The molecule has 5 heteroatoms. The summed E-state index contributed by atoms with van der Waals surface area (Å²) in [6.45, 7) is 7.67. The van der Waals surface area contributed by atoms with E-state index < -0.39 is 11.2 Å². The third-order valence-corrected chi connectivity index (χ3v) is 5.44. The number of piperidine rings is 2. The molecule has 2 bridgehead atoms. The Morgan fingerprint density at radius 1 is 1.19 bits per heavy atom. The standard InChI is InChI=1S/C21H31NO4/c1-14-9-15(11-18(10-14)25-5)21(24)12-16-7-6-8-17(13-21)22(16)19(23)26-20(2,3)4/h9-11,16-17,24H,6-8,12-13H2,1-5H3. The molecule has 1 aromatic carbocycles. The van der Waals surface area contributed by atoms with Crippen LogP contribution in [0.25, 0.3) is 0 Å². The molecule has 26 heavy (non-hydrogen) atoms. The van der Waals surface area contributed by atoms with E-state index in [9.17, 15) is 9.90 Å². The summed E-state index contributed by atoms with van der Waals surface area (Å²) in [5.41, 5.74) is 0.499. The van der Waals surface area contributed by atoms with Gasteiger partial charge in [-0.15, -0.1) is 0 Å². The summed E-state index contributed by atoms with van der Waals surface area (Å²) in [5.74, 6) is 0.758. The number of methoxy groups -OCH3 is 1. The van der Waals surface area contributed by atoms with Crippen molar-refractivity contribution in [1.82, 2.24) is 4.90 Å². The number of amides is 1. The minimum atomic E-state index is -0.937. The second kappa shape index (κ2) is 6.76. The number of aliphatic hydroxyl groups is 1. The second-order valence-electron chi connectivity index (χ2n) is 8.80. The Kier molecular flexibility index (Phi) is 4.95. The van der Waals surface area contributed by atoms with E-state index in [0.717, 1.165) is 36.1 Å². The normalized spacial score (nSPS) is 28.6. The maximum absolute atomic E-state index is 12.7. The second-order valence-corrected chi connectivity index (χ2v) is 8.80. The number of nitrogens with zero attached hydrogens (tertiary/aromatic N) is 1. The van der Waals surface area contributed by atoms with Crippen molar-refractivity contribution in [2.45, 2.75) is 83.1 Å². The molecule has 2 saturated heterocycles. The minimum absolute atomic E-state index is 0.00820. The quantitative estimate of drug-likeness (QED) is 0.860. The summed E-state index contributed by atoms with van der Waals surface area (Å²) in [5, 5.41) is 11.5. The number of benzene rings is 1. The Labute approximate surface area is 156 Å². The highest BCUT2D eigenvalue weighted by molar-refractivity contribution is 5.69. The number of hydrogen-bond donors (Lipinski definition) is 1. The van der Waals surface area contributed by atoms with Gasteiger partial charge < -0.3 is 19.5 Å². The van der Waals surface area contributed by atoms with E-state index in [-0.39, 0.29) is 18.2 Å². The molecule has 0 radical (unpaired) electrons. The van der Waals surface area contributed by atoms with Crippen LogP contribution in [0.5, 0.6) is 5.75 Å². The monoisotopic (exact) mass is 361 g/mol. The van der Waals surface area contributed by atoms with E-state index in [1.54, 1.807) is 7.11 Å². The zero-order valence-electron chi connectivity index (χ0n) is 16.5. The number of rotatable bonds is 2. The van der Waals surface area contributed by atoms with E-state index >= 15 is 0 Å². The van der Waals surface area contributed by atoms with Gasteiger partial charge in [0.05, 0.1) is 12.7 Å². The maximum Gasteiger partial charge on any atom is 0.410 e. The van der Waals surface area contributed by atoms with E-state index in [4.69, 9.17) is 9.47 Å². The third kappa shape index (κ3) is 3.83. The van der Waals surface area contributed by atoms with Gasteiger partial charge in [0.15, 0.2) is 0 Å². The predicted molar refractivity (Wildman–Crippen MR) is 100 cm³/mol. The van der Waals surface area contributed by atoms with Crippen LogP contribution in [0.1, 0.15) is 64.0 Å². The number of carbonyl (C=O) groups excluding carboxylic acids is 1. The van der Waals surface area contributed by atoms with Gasteiger partial charge in [-0.1, -0.05) is 6.07 Å². The van der Waals surface area contributed by atoms with Gasteiger partial charge in [0, 0.05) is 24.9 Å². The van der Waals surface area contributed by atoms with Crippen LogP contribution in [0.15, 0.2) is 18.2 Å². The fourth-order valence-electron chi connectivity index (χ4n) is 4.41. The molecular formula is C21H31NO4. The van der Waals surface area contributed by atoms with Crippen molar-refractivity contribution in [3.63, 3.8) is 0 Å². The molecule has 0 saturated carbocycles. The van der Waals surface area contributed by atoms with Crippen LogP contribution in [0.3, 0.4) is 0 Å². The summed E-state index contributed by atoms with van der Waals surface area (Å²) in [7, 11) is 1.64. The van der Waals surface area contributed by atoms with E-state index in [1.807, 2.05) is 50.8 Å². The topological polar surface area (TPSA) is 59.0 Å². The first-order valence-corrected chi connectivity index (χ1v) is 9.51. The van der Waals surface area contributed by atoms with Crippen LogP contribution >= 0.6 is 0 Å². The summed E-state index contributed by atoms with van der Waals surface area (Å²) in [6, 6.07) is 5.93. The Bertz CT molecular complexity index is 665. The van der Waals surface area contributed by atoms with Gasteiger partial charge in [-0.05, 0) is 70.2 Å². The summed E-state index contributed by atoms with van der Waals surface area (Å²) < 4.78 is 11.0. The molecule has 144 valence electrons. The molecule has 2 heterocycles. The van der Waals surface area contributed by atoms with Crippen molar-refractivity contribution < 1.29 is 19.4 Å². The molecule has 1 N–H and O–H groups in total. The molecule has 0 spiro atoms. The van der Waals surface area contributed by atoms with Gasteiger partial charge in [-0.25, -0.2) is 4.79 Å². The van der Waals surface area contributed by atoms with Gasteiger partial charge in [-0.2, -0.15) is 0 Å². The fourth-order valence-corrected chi connectivity index (χ4v) is 4.41. The lowest BCUT2D eigenvalue weighted by Gasteiger charge is -2.52. The van der Waals surface area contributed by atoms with Crippen LogP contribution in [-0.4, -0.2) is 40.9 Å². The Morgan fingerprint density at radius 2 is 1.81 bits per heavy atom. The molecule has 1 amide bonds. The Morgan fingerprint density at radius 3 is 2.35 bits per heavy atom. The zero-order valence-corrected chi connectivity index (χ0v) is 16.5. The lowest BCUT2D eigenvalue weighted by molar-refractivity contribution is -0.0966. The highest BCUT2D eigenvalue weighted by Gasteiger charge is 2.49. The van der Waals surface area contributed by atoms with Crippen molar-refractivity contribution >= 4 is 6.09 Å². The minimum Gasteiger partial charge on any atom is -0.497 e. The highest BCUT2D eigenvalue weighted by Crippen LogP contribution is 2.45. The molecule has 2 unspecified atom stereocenters. The molecule has 2 fully saturated rings. The van der Waals surface area contributed by atoms with Crippen LogP contribution in [-0.2, 0) is 10.3 Å². The number of aryl methyl sites for hydroxylation is 1. The van der Waals surface area contributed by atoms with Crippen molar-refractivity contribution in [3.05, 3.63) is 29.3 Å². The molecule has 2 aliphatic heterocycles. The third-order valence-electron chi connectivity index (χ3n) is 5.44. The Hall–Kier alpha value is -1.75. The Balaban J connectivity index is 1.87. The highest BCUT2D eigenvalue weighted by atomic mass is 16.6. The van der Waals surface area contributed by atoms with E-state index in [1.165, 1.54) is 0 Å². The van der Waals surface area contributed by atoms with Crippen molar-refractivity contribution in [2.24, 2.45) is 0 Å². The molecule has 1 aromatic rings. The van der Waals surface area contributed by atoms with Crippen molar-refractivity contribution in [3.8, 4) is 5.75 Å². The molecule has 0 aliphatic carbocycles. The summed E-state index contributed by atoms with van der Waals surface area (Å²) >= 11 is 0. The van der Waals surface area contributed by atoms with Crippen molar-refractivity contribution in [2.75, 3.05) is 7.11 Å². The zero-order chi connectivity index (χ0) is 19.1. The average Bonchev–Trinajstić information content (AvgIpc) is 2.51. The maximum atomic E-state index is 12.7. The fraction of sp³-hybridized carbons (Fsp3) is 0.667. The lowest BCUT2D eigenvalue weighted by Crippen LogP contribution is -2.59. The number of fused-ring (bicyclic) bond motifs is 2. The molecule has 5 nitrogen and oxygen atoms in total. The largest absolute Gasteiger partial charge is 0.497 e. The van der Waals surface area contributed by atoms with Gasteiger partial charge in [-0.3, -0.25) is 0 Å². The van der Waals surface area contributed by atoms with Crippen LogP contribution in [0, 0.1) is 6.92 Å². The first kappa shape index (κ1) is 19.0. The van der Waals surface area contributed by atoms with Crippen LogP contribution in [0.2, 0.25) is 0 Å². The van der Waals surface area contributed by atoms with Gasteiger partial charge in [0.2, 0.25) is 0 Å². The number of carbonyl (C=O) groups is 1. The molecular weight excluding hydrogens is 330 g/mol. The molecule has 3 rings (SSSR count). The van der Waals surface area contributed by atoms with E-state index in [2.05, 4.69) is 0 Å². The van der Waals surface area contributed by atoms with Crippen molar-refractivity contribution in [1.29, 1.82) is 0 Å². The number of ether oxygens (including phenoxy) is 2. The molecule has 0 aromatic heterocycles. The molecule has 2 atom stereocenters. The van der Waals surface area contributed by atoms with Crippen LogP contribution in [0.4, 0.5) is 4.79 Å². The predicted octanol–water partition coefficient (Wildman–Crippen LogP) is 4.14. The van der Waals surface area contributed by atoms with Gasteiger partial charge in [0.25, 0.3) is 0 Å². The van der Waals surface area contributed by atoms with Gasteiger partial charge in [0.1, 0.15) is 11.4 Å². The average molecular weight is 361 g/mol. The van der Waals surface area contributed by atoms with Gasteiger partial charge >= 0.3 is 6.09 Å². The molecule has 2 aliphatic rings. The first-order chi connectivity index (χ1) is 12.1. The SMILES string of the molecule is COc1cc(C)cc(C2(O)CC3CCCC(C2)N3C(=O)OC(C)(C)C)c1.